The molecule has 0 spiro atoms. The van der Waals surface area contributed by atoms with Gasteiger partial charge in [0.15, 0.2) is 0 Å². The molecule has 1 fully saturated rings. The van der Waals surface area contributed by atoms with Gasteiger partial charge in [0.1, 0.15) is 5.82 Å². The van der Waals surface area contributed by atoms with Crippen LogP contribution in [-0.4, -0.2) is 21.7 Å². The summed E-state index contributed by atoms with van der Waals surface area (Å²) in [7, 11) is 0. The van der Waals surface area contributed by atoms with Gasteiger partial charge in [0.05, 0.1) is 0 Å². The zero-order valence-electron chi connectivity index (χ0n) is 5.62. The van der Waals surface area contributed by atoms with Crippen LogP contribution < -0.4 is 0 Å². The molecule has 54 valence electrons. The first-order valence-electron chi connectivity index (χ1n) is 3.52. The Balaban J connectivity index is 2.05. The molecule has 1 aliphatic carbocycles. The van der Waals surface area contributed by atoms with Crippen molar-refractivity contribution in [3.63, 3.8) is 0 Å². The predicted octanol–water partition coefficient (Wildman–Crippen LogP) is 0.505. The molecule has 1 saturated carbocycles. The van der Waals surface area contributed by atoms with Gasteiger partial charge in [-0.25, -0.2) is 4.98 Å². The summed E-state index contributed by atoms with van der Waals surface area (Å²) in [6.07, 6.45) is 4.66. The number of nitrogens with zero attached hydrogens (tertiary/aromatic N) is 1. The van der Waals surface area contributed by atoms with Crippen LogP contribution in [0.1, 0.15) is 18.2 Å². The molecular weight excluding hydrogens is 128 g/mol. The zero-order valence-corrected chi connectivity index (χ0v) is 5.62. The Hall–Kier alpha value is -0.830. The van der Waals surface area contributed by atoms with Crippen molar-refractivity contribution in [1.82, 2.24) is 9.97 Å². The lowest BCUT2D eigenvalue weighted by atomic mass is 10.3. The van der Waals surface area contributed by atoms with Gasteiger partial charge in [-0.3, -0.25) is 0 Å². The lowest BCUT2D eigenvalue weighted by Gasteiger charge is -1.89. The third-order valence-electron chi connectivity index (χ3n) is 2.03. The molecule has 0 saturated heterocycles. The van der Waals surface area contributed by atoms with Crippen molar-refractivity contribution in [3.05, 3.63) is 18.2 Å². The van der Waals surface area contributed by atoms with Gasteiger partial charge < -0.3 is 10.1 Å². The molecule has 1 heterocycles. The molecule has 10 heavy (non-hydrogen) atoms. The van der Waals surface area contributed by atoms with Gasteiger partial charge in [0.25, 0.3) is 0 Å². The third kappa shape index (κ3) is 0.827. The predicted molar refractivity (Wildman–Crippen MR) is 36.5 cm³/mol. The van der Waals surface area contributed by atoms with Crippen molar-refractivity contribution in [3.8, 4) is 0 Å². The molecule has 3 heteroatoms. The molecule has 1 aromatic heterocycles. The minimum Gasteiger partial charge on any atom is -0.396 e. The molecule has 1 aromatic rings. The van der Waals surface area contributed by atoms with E-state index in [-0.39, 0.29) is 0 Å². The fourth-order valence-corrected chi connectivity index (χ4v) is 1.26. The van der Waals surface area contributed by atoms with Crippen LogP contribution in [0.25, 0.3) is 0 Å². The highest BCUT2D eigenvalue weighted by molar-refractivity contribution is 5.09. The molecule has 0 amide bonds. The number of imidazole rings is 1. The minimum absolute atomic E-state index is 0.297. The first kappa shape index (κ1) is 5.92. The fraction of sp³-hybridized carbons (Fsp3) is 0.571. The second-order valence-corrected chi connectivity index (χ2v) is 2.76. The van der Waals surface area contributed by atoms with Crippen molar-refractivity contribution >= 4 is 0 Å². The third-order valence-corrected chi connectivity index (χ3v) is 2.03. The Kier molecular flexibility index (Phi) is 1.24. The molecule has 1 aliphatic rings. The topological polar surface area (TPSA) is 48.9 Å². The number of aromatic nitrogens is 2. The number of hydrogen-bond acceptors (Lipinski definition) is 2. The van der Waals surface area contributed by atoms with E-state index in [0.29, 0.717) is 18.4 Å². The molecule has 3 nitrogen and oxygen atoms in total. The molecule has 0 radical (unpaired) electrons. The summed E-state index contributed by atoms with van der Waals surface area (Å²) in [4.78, 5) is 7.15. The summed E-state index contributed by atoms with van der Waals surface area (Å²) >= 11 is 0. The summed E-state index contributed by atoms with van der Waals surface area (Å²) in [5.41, 5.74) is 0. The van der Waals surface area contributed by atoms with E-state index in [1.165, 1.54) is 0 Å². The van der Waals surface area contributed by atoms with Gasteiger partial charge in [-0.1, -0.05) is 0 Å². The smallest absolute Gasteiger partial charge is 0.109 e. The second kappa shape index (κ2) is 2.09. The van der Waals surface area contributed by atoms with Crippen LogP contribution >= 0.6 is 0 Å². The Bertz CT molecular complexity index is 207. The van der Waals surface area contributed by atoms with Gasteiger partial charge in [0, 0.05) is 24.9 Å². The second-order valence-electron chi connectivity index (χ2n) is 2.76. The quantitative estimate of drug-likeness (QED) is 0.625. The summed E-state index contributed by atoms with van der Waals surface area (Å²) in [6, 6.07) is 0. The van der Waals surface area contributed by atoms with Gasteiger partial charge in [-0.2, -0.15) is 0 Å². The largest absolute Gasteiger partial charge is 0.396 e. The van der Waals surface area contributed by atoms with Crippen molar-refractivity contribution in [2.24, 2.45) is 5.92 Å². The number of rotatable bonds is 2. The van der Waals surface area contributed by atoms with Crippen molar-refractivity contribution in [1.29, 1.82) is 0 Å². The van der Waals surface area contributed by atoms with E-state index in [9.17, 15) is 0 Å². The number of aromatic amines is 1. The molecule has 2 atom stereocenters. The van der Waals surface area contributed by atoms with Crippen LogP contribution in [0, 0.1) is 5.92 Å². The number of aliphatic hydroxyl groups excluding tert-OH is 1. The molecule has 0 aliphatic heterocycles. The van der Waals surface area contributed by atoms with Crippen LogP contribution in [0.5, 0.6) is 0 Å². The summed E-state index contributed by atoms with van der Waals surface area (Å²) < 4.78 is 0. The van der Waals surface area contributed by atoms with Crippen molar-refractivity contribution < 1.29 is 5.11 Å². The monoisotopic (exact) mass is 138 g/mol. The Morgan fingerprint density at radius 2 is 2.70 bits per heavy atom. The van der Waals surface area contributed by atoms with Crippen LogP contribution in [-0.2, 0) is 0 Å². The summed E-state index contributed by atoms with van der Waals surface area (Å²) in [5, 5.41) is 8.73. The lowest BCUT2D eigenvalue weighted by molar-refractivity contribution is 0.273. The average molecular weight is 138 g/mol. The minimum atomic E-state index is 0.297. The van der Waals surface area contributed by atoms with Crippen molar-refractivity contribution in [2.45, 2.75) is 12.3 Å². The van der Waals surface area contributed by atoms with E-state index in [1.807, 2.05) is 6.20 Å². The van der Waals surface area contributed by atoms with Gasteiger partial charge >= 0.3 is 0 Å². The Morgan fingerprint density at radius 3 is 3.20 bits per heavy atom. The molecule has 0 bridgehead atoms. The van der Waals surface area contributed by atoms with E-state index in [1.54, 1.807) is 6.20 Å². The zero-order chi connectivity index (χ0) is 6.97. The summed E-state index contributed by atoms with van der Waals surface area (Å²) in [5.74, 6) is 1.99. The Morgan fingerprint density at radius 1 is 1.80 bits per heavy atom. The highest BCUT2D eigenvalue weighted by atomic mass is 16.3. The first-order chi connectivity index (χ1) is 4.92. The van der Waals surface area contributed by atoms with Crippen molar-refractivity contribution in [2.75, 3.05) is 6.61 Å². The highest BCUT2D eigenvalue weighted by Crippen LogP contribution is 2.45. The van der Waals surface area contributed by atoms with Gasteiger partial charge in [-0.05, 0) is 12.3 Å². The molecule has 0 aromatic carbocycles. The van der Waals surface area contributed by atoms with Crippen LogP contribution in [0.3, 0.4) is 0 Å². The molecule has 2 rings (SSSR count). The number of aliphatic hydroxyl groups is 1. The van der Waals surface area contributed by atoms with E-state index < -0.39 is 0 Å². The first-order valence-corrected chi connectivity index (χ1v) is 3.52. The fourth-order valence-electron chi connectivity index (χ4n) is 1.26. The molecule has 2 unspecified atom stereocenters. The van der Waals surface area contributed by atoms with Gasteiger partial charge in [0.2, 0.25) is 0 Å². The van der Waals surface area contributed by atoms with E-state index in [0.717, 1.165) is 12.2 Å². The Labute approximate surface area is 59.1 Å². The molecular formula is C7H10N2O. The molecule has 2 N–H and O–H groups in total. The van der Waals surface area contributed by atoms with Crippen LogP contribution in [0.15, 0.2) is 12.4 Å². The van der Waals surface area contributed by atoms with Crippen LogP contribution in [0.2, 0.25) is 0 Å². The SMILES string of the molecule is OCC1CC1c1ncc[nH]1. The normalized spacial score (nSPS) is 30.5. The summed E-state index contributed by atoms with van der Waals surface area (Å²) in [6.45, 7) is 0.297. The maximum absolute atomic E-state index is 8.73. The standard InChI is InChI=1S/C7H10N2O/c10-4-5-3-6(5)7-8-1-2-9-7/h1-2,5-6,10H,3-4H2,(H,8,9). The van der Waals surface area contributed by atoms with Gasteiger partial charge in [-0.15, -0.1) is 0 Å². The van der Waals surface area contributed by atoms with Crippen LogP contribution in [0.4, 0.5) is 0 Å². The van der Waals surface area contributed by atoms with E-state index in [4.69, 9.17) is 5.11 Å². The lowest BCUT2D eigenvalue weighted by Crippen LogP contribution is -1.89. The van der Waals surface area contributed by atoms with E-state index in [2.05, 4.69) is 9.97 Å². The highest BCUT2D eigenvalue weighted by Gasteiger charge is 2.39. The number of hydrogen-bond donors (Lipinski definition) is 2. The number of H-pyrrole nitrogens is 1. The van der Waals surface area contributed by atoms with E-state index >= 15 is 0 Å². The average Bonchev–Trinajstić information content (AvgIpc) is 2.56. The maximum atomic E-state index is 8.73. The number of nitrogens with one attached hydrogen (secondary N) is 1. The maximum Gasteiger partial charge on any atom is 0.109 e.